The van der Waals surface area contributed by atoms with E-state index in [-0.39, 0.29) is 29.4 Å². The molecule has 0 aliphatic carbocycles. The third-order valence-corrected chi connectivity index (χ3v) is 5.01. The molecule has 1 saturated heterocycles. The number of carbonyl (C=O) groups excluding carboxylic acids is 2. The Morgan fingerprint density at radius 2 is 1.87 bits per heavy atom. The molecule has 2 N–H and O–H groups in total. The van der Waals surface area contributed by atoms with E-state index in [4.69, 9.17) is 9.15 Å². The normalized spacial score (nSPS) is 18.0. The number of ether oxygens (including phenoxy) is 1. The summed E-state index contributed by atoms with van der Waals surface area (Å²) < 4.78 is 10.5. The first-order valence-corrected chi connectivity index (χ1v) is 9.24. The van der Waals surface area contributed by atoms with E-state index in [1.54, 1.807) is 54.6 Å². The van der Waals surface area contributed by atoms with Crippen molar-refractivity contribution < 1.29 is 29.0 Å². The number of ketones is 1. The van der Waals surface area contributed by atoms with Gasteiger partial charge in [0.25, 0.3) is 11.7 Å². The molecular formula is C23H19NO6. The number of nitrogens with zero attached hydrogens (tertiary/aromatic N) is 1. The molecule has 1 aromatic heterocycles. The van der Waals surface area contributed by atoms with Crippen LogP contribution in [0.5, 0.6) is 11.5 Å². The number of benzene rings is 2. The summed E-state index contributed by atoms with van der Waals surface area (Å²) in [5.74, 6) is -1.20. The molecule has 2 heterocycles. The van der Waals surface area contributed by atoms with Crippen LogP contribution >= 0.6 is 0 Å². The third kappa shape index (κ3) is 3.30. The maximum Gasteiger partial charge on any atom is 0.296 e. The van der Waals surface area contributed by atoms with Gasteiger partial charge in [-0.3, -0.25) is 9.59 Å². The number of likely N-dealkylation sites (tertiary alicyclic amines) is 1. The molecule has 1 atom stereocenters. The van der Waals surface area contributed by atoms with Crippen molar-refractivity contribution in [3.63, 3.8) is 0 Å². The lowest BCUT2D eigenvalue weighted by Crippen LogP contribution is -2.29. The van der Waals surface area contributed by atoms with Gasteiger partial charge in [-0.05, 0) is 29.8 Å². The molecule has 1 fully saturated rings. The molecule has 0 saturated carbocycles. The number of furan rings is 1. The van der Waals surface area contributed by atoms with Gasteiger partial charge >= 0.3 is 0 Å². The Labute approximate surface area is 172 Å². The van der Waals surface area contributed by atoms with Crippen molar-refractivity contribution in [2.24, 2.45) is 0 Å². The fraction of sp³-hybridized carbons (Fsp3) is 0.130. The van der Waals surface area contributed by atoms with Crippen LogP contribution in [-0.4, -0.2) is 33.9 Å². The van der Waals surface area contributed by atoms with Gasteiger partial charge in [-0.25, -0.2) is 0 Å². The molecule has 1 aliphatic heterocycles. The number of amides is 1. The van der Waals surface area contributed by atoms with Crippen LogP contribution in [0.15, 0.2) is 76.9 Å². The van der Waals surface area contributed by atoms with Gasteiger partial charge in [-0.1, -0.05) is 36.4 Å². The Morgan fingerprint density at radius 3 is 2.53 bits per heavy atom. The second-order valence-corrected chi connectivity index (χ2v) is 6.80. The maximum absolute atomic E-state index is 12.9. The number of aliphatic hydroxyl groups is 1. The van der Waals surface area contributed by atoms with Crippen LogP contribution in [0.3, 0.4) is 0 Å². The van der Waals surface area contributed by atoms with E-state index in [2.05, 4.69) is 0 Å². The number of methoxy groups -OCH3 is 1. The number of phenolic OH excluding ortho intramolecular Hbond substituents is 1. The number of carbonyl (C=O) groups is 2. The molecule has 3 aromatic rings. The van der Waals surface area contributed by atoms with Gasteiger partial charge in [0.2, 0.25) is 0 Å². The lowest BCUT2D eigenvalue weighted by Gasteiger charge is -2.25. The van der Waals surface area contributed by atoms with Crippen LogP contribution in [0.1, 0.15) is 22.9 Å². The lowest BCUT2D eigenvalue weighted by molar-refractivity contribution is -0.140. The fourth-order valence-corrected chi connectivity index (χ4v) is 3.58. The van der Waals surface area contributed by atoms with Crippen molar-refractivity contribution in [3.05, 3.63) is 89.4 Å². The standard InChI is InChI=1S/C23H19NO6/c1-29-18-12-15(9-10-17(18)25)20-19(21(26)14-6-3-2-4-7-14)22(27)23(28)24(20)13-16-8-5-11-30-16/h2-12,20,25-26H,13H2,1H3/b21-19+. The molecule has 2 aromatic carbocycles. The first-order valence-electron chi connectivity index (χ1n) is 9.24. The molecule has 0 bridgehead atoms. The summed E-state index contributed by atoms with van der Waals surface area (Å²) in [4.78, 5) is 27.2. The summed E-state index contributed by atoms with van der Waals surface area (Å²) >= 11 is 0. The summed E-state index contributed by atoms with van der Waals surface area (Å²) in [6.07, 6.45) is 1.48. The Bertz CT molecular complexity index is 1120. The number of hydrogen-bond donors (Lipinski definition) is 2. The van der Waals surface area contributed by atoms with Gasteiger partial charge in [-0.2, -0.15) is 0 Å². The summed E-state index contributed by atoms with van der Waals surface area (Å²) in [6, 6.07) is 15.6. The minimum absolute atomic E-state index is 0.0366. The fourth-order valence-electron chi connectivity index (χ4n) is 3.58. The van der Waals surface area contributed by atoms with Crippen LogP contribution in [0.25, 0.3) is 5.76 Å². The summed E-state index contributed by atoms with van der Waals surface area (Å²) in [6.45, 7) is 0.0387. The molecule has 152 valence electrons. The second-order valence-electron chi connectivity index (χ2n) is 6.80. The Balaban J connectivity index is 1.89. The van der Waals surface area contributed by atoms with Crippen LogP contribution in [0, 0.1) is 0 Å². The van der Waals surface area contributed by atoms with Crippen LogP contribution < -0.4 is 4.74 Å². The Morgan fingerprint density at radius 1 is 1.10 bits per heavy atom. The zero-order valence-electron chi connectivity index (χ0n) is 16.1. The predicted octanol–water partition coefficient (Wildman–Crippen LogP) is 3.62. The average Bonchev–Trinajstić information content (AvgIpc) is 3.37. The number of hydrogen-bond acceptors (Lipinski definition) is 6. The largest absolute Gasteiger partial charge is 0.507 e. The number of aromatic hydroxyl groups is 1. The summed E-state index contributed by atoms with van der Waals surface area (Å²) in [5, 5.41) is 20.9. The second kappa shape index (κ2) is 7.79. The van der Waals surface area contributed by atoms with Crippen molar-refractivity contribution in [2.75, 3.05) is 7.11 Å². The Kier molecular flexibility index (Phi) is 5.02. The van der Waals surface area contributed by atoms with Crippen molar-refractivity contribution in [3.8, 4) is 11.5 Å². The predicted molar refractivity (Wildman–Crippen MR) is 108 cm³/mol. The topological polar surface area (TPSA) is 100 Å². The van der Waals surface area contributed by atoms with E-state index >= 15 is 0 Å². The van der Waals surface area contributed by atoms with Crippen molar-refractivity contribution in [2.45, 2.75) is 12.6 Å². The average molecular weight is 405 g/mol. The number of phenols is 1. The SMILES string of the molecule is COc1cc(C2/C(=C(\O)c3ccccc3)C(=O)C(=O)N2Cc2ccco2)ccc1O. The van der Waals surface area contributed by atoms with Crippen LogP contribution in [0.4, 0.5) is 0 Å². The molecule has 0 radical (unpaired) electrons. The van der Waals surface area contributed by atoms with Crippen LogP contribution in [0.2, 0.25) is 0 Å². The highest BCUT2D eigenvalue weighted by atomic mass is 16.5. The molecule has 4 rings (SSSR count). The molecule has 0 spiro atoms. The quantitative estimate of drug-likeness (QED) is 0.382. The number of aliphatic hydroxyl groups excluding tert-OH is 1. The van der Waals surface area contributed by atoms with E-state index in [1.807, 2.05) is 0 Å². The van der Waals surface area contributed by atoms with E-state index in [0.29, 0.717) is 16.9 Å². The number of rotatable bonds is 5. The third-order valence-electron chi connectivity index (χ3n) is 5.01. The van der Waals surface area contributed by atoms with E-state index in [9.17, 15) is 19.8 Å². The van der Waals surface area contributed by atoms with E-state index in [1.165, 1.54) is 24.3 Å². The highest BCUT2D eigenvalue weighted by Gasteiger charge is 2.46. The zero-order chi connectivity index (χ0) is 21.3. The molecular weight excluding hydrogens is 386 g/mol. The monoisotopic (exact) mass is 405 g/mol. The highest BCUT2D eigenvalue weighted by molar-refractivity contribution is 6.46. The first-order chi connectivity index (χ1) is 14.5. The van der Waals surface area contributed by atoms with Crippen LogP contribution in [-0.2, 0) is 16.1 Å². The van der Waals surface area contributed by atoms with Crippen molar-refractivity contribution in [1.29, 1.82) is 0 Å². The molecule has 1 amide bonds. The summed E-state index contributed by atoms with van der Waals surface area (Å²) in [5.41, 5.74) is 0.891. The van der Waals surface area contributed by atoms with Gasteiger partial charge < -0.3 is 24.3 Å². The van der Waals surface area contributed by atoms with Gasteiger partial charge in [0.15, 0.2) is 11.5 Å². The van der Waals surface area contributed by atoms with Gasteiger partial charge in [-0.15, -0.1) is 0 Å². The van der Waals surface area contributed by atoms with Gasteiger partial charge in [0.1, 0.15) is 11.5 Å². The van der Waals surface area contributed by atoms with E-state index in [0.717, 1.165) is 0 Å². The van der Waals surface area contributed by atoms with Gasteiger partial charge in [0.05, 0.1) is 31.5 Å². The lowest BCUT2D eigenvalue weighted by atomic mass is 9.95. The highest BCUT2D eigenvalue weighted by Crippen LogP contribution is 2.42. The maximum atomic E-state index is 12.9. The van der Waals surface area contributed by atoms with E-state index < -0.39 is 17.7 Å². The molecule has 30 heavy (non-hydrogen) atoms. The Hall–Kier alpha value is -4.00. The molecule has 1 aliphatic rings. The van der Waals surface area contributed by atoms with Crippen molar-refractivity contribution in [1.82, 2.24) is 4.90 Å². The first kappa shape index (κ1) is 19.3. The molecule has 1 unspecified atom stereocenters. The summed E-state index contributed by atoms with van der Waals surface area (Å²) in [7, 11) is 1.41. The van der Waals surface area contributed by atoms with Crippen molar-refractivity contribution >= 4 is 17.4 Å². The number of Topliss-reactive ketones (excluding diaryl/α,β-unsaturated/α-hetero) is 1. The van der Waals surface area contributed by atoms with Gasteiger partial charge in [0, 0.05) is 5.56 Å². The minimum Gasteiger partial charge on any atom is -0.507 e. The zero-order valence-corrected chi connectivity index (χ0v) is 16.1. The molecule has 7 nitrogen and oxygen atoms in total. The molecule has 7 heteroatoms. The smallest absolute Gasteiger partial charge is 0.296 e. The minimum atomic E-state index is -0.884.